The first kappa shape index (κ1) is 21.3. The van der Waals surface area contributed by atoms with E-state index in [1.165, 1.54) is 0 Å². The summed E-state index contributed by atoms with van der Waals surface area (Å²) < 4.78 is 7.25. The van der Waals surface area contributed by atoms with Gasteiger partial charge in [0.25, 0.3) is 0 Å². The molecule has 0 aliphatic heterocycles. The van der Waals surface area contributed by atoms with Crippen molar-refractivity contribution in [1.82, 2.24) is 9.55 Å². The molecule has 1 heterocycles. The zero-order chi connectivity index (χ0) is 21.4. The first-order valence-corrected chi connectivity index (χ1v) is 8.46. The molecule has 0 bridgehead atoms. The van der Waals surface area contributed by atoms with Gasteiger partial charge in [-0.15, -0.1) is 0 Å². The Bertz CT molecular complexity index is 987. The zero-order valence-electron chi connectivity index (χ0n) is 15.9. The molecule has 0 unspecified atom stereocenters. The highest BCUT2D eigenvalue weighted by Gasteiger charge is 2.10. The van der Waals surface area contributed by atoms with Crippen molar-refractivity contribution in [3.05, 3.63) is 60.3 Å². The van der Waals surface area contributed by atoms with Gasteiger partial charge in [0, 0.05) is 24.7 Å². The summed E-state index contributed by atoms with van der Waals surface area (Å²) in [4.78, 5) is 22.6. The maximum atomic E-state index is 9.82. The summed E-state index contributed by atoms with van der Waals surface area (Å²) in [5.74, 6) is -1.81. The van der Waals surface area contributed by atoms with Crippen molar-refractivity contribution >= 4 is 17.9 Å². The number of rotatable bonds is 5. The van der Waals surface area contributed by atoms with E-state index in [1.807, 2.05) is 54.2 Å². The minimum atomic E-state index is -1.82. The Morgan fingerprint density at radius 1 is 1.10 bits per heavy atom. The van der Waals surface area contributed by atoms with Crippen LogP contribution in [-0.4, -0.2) is 43.9 Å². The van der Waals surface area contributed by atoms with E-state index in [0.29, 0.717) is 6.54 Å². The second-order valence-corrected chi connectivity index (χ2v) is 5.85. The molecule has 3 rings (SSSR count). The second-order valence-electron chi connectivity index (χ2n) is 5.85. The number of carbonyl (C=O) groups is 2. The SMILES string of the molecule is COc1cccc(-c2cnc(NCc3ccccc3O)n2C)c1.O=C(O)C(=O)O. The number of aliphatic carboxylic acids is 2. The van der Waals surface area contributed by atoms with Crippen LogP contribution >= 0.6 is 0 Å². The molecular formula is C20H21N3O6. The number of para-hydroxylation sites is 1. The average Bonchev–Trinajstić information content (AvgIpc) is 3.08. The van der Waals surface area contributed by atoms with Crippen molar-refractivity contribution in [2.75, 3.05) is 12.4 Å². The molecule has 29 heavy (non-hydrogen) atoms. The molecular weight excluding hydrogens is 378 g/mol. The van der Waals surface area contributed by atoms with Crippen molar-refractivity contribution in [2.45, 2.75) is 6.54 Å². The molecule has 1 aromatic heterocycles. The van der Waals surface area contributed by atoms with Gasteiger partial charge in [-0.25, -0.2) is 14.6 Å². The van der Waals surface area contributed by atoms with Crippen molar-refractivity contribution in [3.63, 3.8) is 0 Å². The normalized spacial score (nSPS) is 9.86. The number of carboxylic acid groups (broad SMARTS) is 2. The van der Waals surface area contributed by atoms with Gasteiger partial charge in [0.15, 0.2) is 0 Å². The van der Waals surface area contributed by atoms with Crippen molar-refractivity contribution in [2.24, 2.45) is 7.05 Å². The highest BCUT2D eigenvalue weighted by atomic mass is 16.5. The molecule has 0 atom stereocenters. The third-order valence-electron chi connectivity index (χ3n) is 3.97. The predicted molar refractivity (Wildman–Crippen MR) is 106 cm³/mol. The zero-order valence-corrected chi connectivity index (χ0v) is 15.9. The Kier molecular flexibility index (Phi) is 7.19. The molecule has 0 fully saturated rings. The minimum Gasteiger partial charge on any atom is -0.508 e. The topological polar surface area (TPSA) is 134 Å². The summed E-state index contributed by atoms with van der Waals surface area (Å²) in [5, 5.41) is 27.8. The number of benzene rings is 2. The number of anilines is 1. The highest BCUT2D eigenvalue weighted by molar-refractivity contribution is 6.27. The Hall–Kier alpha value is -4.01. The van der Waals surface area contributed by atoms with Gasteiger partial charge in [0.2, 0.25) is 5.95 Å². The molecule has 9 heteroatoms. The fourth-order valence-electron chi connectivity index (χ4n) is 2.46. The van der Waals surface area contributed by atoms with Crippen LogP contribution in [0.1, 0.15) is 5.56 Å². The summed E-state index contributed by atoms with van der Waals surface area (Å²) in [5.41, 5.74) is 2.86. The quantitative estimate of drug-likeness (QED) is 0.481. The molecule has 3 aromatic rings. The van der Waals surface area contributed by atoms with Gasteiger partial charge < -0.3 is 29.9 Å². The number of phenolic OH excluding ortho intramolecular Hbond substituents is 1. The molecule has 0 spiro atoms. The number of aromatic hydroxyl groups is 1. The van der Waals surface area contributed by atoms with Crippen LogP contribution in [0, 0.1) is 0 Å². The number of imidazole rings is 1. The number of carboxylic acids is 2. The standard InChI is InChI=1S/C18H19N3O2.C2H2O4/c1-21-16(13-7-5-8-15(10-13)23-2)12-20-18(21)19-11-14-6-3-4-9-17(14)22;3-1(4)2(5)6/h3-10,12,22H,11H2,1-2H3,(H,19,20);(H,3,4)(H,5,6). The molecule has 0 saturated heterocycles. The fraction of sp³-hybridized carbons (Fsp3) is 0.150. The van der Waals surface area contributed by atoms with E-state index in [-0.39, 0.29) is 5.75 Å². The third-order valence-corrected chi connectivity index (χ3v) is 3.97. The molecule has 0 aliphatic carbocycles. The summed E-state index contributed by atoms with van der Waals surface area (Å²) in [6, 6.07) is 15.1. The van der Waals surface area contributed by atoms with Gasteiger partial charge in [-0.1, -0.05) is 30.3 Å². The van der Waals surface area contributed by atoms with E-state index in [2.05, 4.69) is 10.3 Å². The van der Waals surface area contributed by atoms with Crippen LogP contribution in [0.4, 0.5) is 5.95 Å². The average molecular weight is 399 g/mol. The largest absolute Gasteiger partial charge is 0.508 e. The lowest BCUT2D eigenvalue weighted by atomic mass is 10.1. The van der Waals surface area contributed by atoms with Gasteiger partial charge in [0.05, 0.1) is 19.0 Å². The second kappa shape index (κ2) is 9.79. The van der Waals surface area contributed by atoms with E-state index in [1.54, 1.807) is 19.2 Å². The molecule has 152 valence electrons. The fourth-order valence-corrected chi connectivity index (χ4v) is 2.46. The van der Waals surface area contributed by atoms with Gasteiger partial charge in [-0.2, -0.15) is 0 Å². The van der Waals surface area contributed by atoms with Crippen LogP contribution in [-0.2, 0) is 23.2 Å². The Labute approximate surface area is 166 Å². The third kappa shape index (κ3) is 5.73. The van der Waals surface area contributed by atoms with Crippen molar-refractivity contribution < 1.29 is 29.6 Å². The number of hydrogen-bond donors (Lipinski definition) is 4. The number of phenols is 1. The lowest BCUT2D eigenvalue weighted by Gasteiger charge is -2.10. The molecule has 0 amide bonds. The smallest absolute Gasteiger partial charge is 0.414 e. The van der Waals surface area contributed by atoms with E-state index in [9.17, 15) is 5.11 Å². The monoisotopic (exact) mass is 399 g/mol. The number of methoxy groups -OCH3 is 1. The van der Waals surface area contributed by atoms with Gasteiger partial charge in [-0.3, -0.25) is 0 Å². The number of nitrogens with zero attached hydrogens (tertiary/aromatic N) is 2. The van der Waals surface area contributed by atoms with Crippen LogP contribution in [0.25, 0.3) is 11.3 Å². The van der Waals surface area contributed by atoms with Crippen LogP contribution in [0.5, 0.6) is 11.5 Å². The van der Waals surface area contributed by atoms with Gasteiger partial charge in [-0.05, 0) is 18.2 Å². The number of nitrogens with one attached hydrogen (secondary N) is 1. The Morgan fingerprint density at radius 3 is 2.41 bits per heavy atom. The minimum absolute atomic E-state index is 0.280. The van der Waals surface area contributed by atoms with Crippen LogP contribution < -0.4 is 10.1 Å². The van der Waals surface area contributed by atoms with Crippen LogP contribution in [0.3, 0.4) is 0 Å². The molecule has 0 aliphatic rings. The van der Waals surface area contributed by atoms with Gasteiger partial charge in [0.1, 0.15) is 11.5 Å². The molecule has 2 aromatic carbocycles. The van der Waals surface area contributed by atoms with Crippen molar-refractivity contribution in [3.8, 4) is 22.8 Å². The first-order valence-electron chi connectivity index (χ1n) is 8.46. The Balaban J connectivity index is 0.000000438. The van der Waals surface area contributed by atoms with E-state index < -0.39 is 11.9 Å². The highest BCUT2D eigenvalue weighted by Crippen LogP contribution is 2.26. The summed E-state index contributed by atoms with van der Waals surface area (Å²) in [6.45, 7) is 0.509. The maximum absolute atomic E-state index is 9.82. The molecule has 0 radical (unpaired) electrons. The Morgan fingerprint density at radius 2 is 1.79 bits per heavy atom. The number of aromatic nitrogens is 2. The summed E-state index contributed by atoms with van der Waals surface area (Å²) >= 11 is 0. The molecule has 4 N–H and O–H groups in total. The molecule has 0 saturated carbocycles. The lowest BCUT2D eigenvalue weighted by Crippen LogP contribution is -2.09. The number of hydrogen-bond acceptors (Lipinski definition) is 6. The summed E-state index contributed by atoms with van der Waals surface area (Å²) in [6.07, 6.45) is 1.82. The first-order chi connectivity index (χ1) is 13.8. The molecule has 9 nitrogen and oxygen atoms in total. The van der Waals surface area contributed by atoms with Crippen molar-refractivity contribution in [1.29, 1.82) is 0 Å². The lowest BCUT2D eigenvalue weighted by molar-refractivity contribution is -0.159. The van der Waals surface area contributed by atoms with E-state index in [4.69, 9.17) is 24.5 Å². The van der Waals surface area contributed by atoms with E-state index in [0.717, 1.165) is 28.5 Å². The van der Waals surface area contributed by atoms with E-state index >= 15 is 0 Å². The van der Waals surface area contributed by atoms with Gasteiger partial charge >= 0.3 is 11.9 Å². The van der Waals surface area contributed by atoms with Crippen LogP contribution in [0.2, 0.25) is 0 Å². The predicted octanol–water partition coefficient (Wildman–Crippen LogP) is 2.57. The maximum Gasteiger partial charge on any atom is 0.414 e. The summed E-state index contributed by atoms with van der Waals surface area (Å²) in [7, 11) is 3.61. The van der Waals surface area contributed by atoms with Crippen LogP contribution in [0.15, 0.2) is 54.7 Å². The number of ether oxygens (including phenoxy) is 1.